The van der Waals surface area contributed by atoms with Gasteiger partial charge in [0.15, 0.2) is 0 Å². The molecule has 2 heteroatoms. The predicted molar refractivity (Wildman–Crippen MR) is 55.7 cm³/mol. The van der Waals surface area contributed by atoms with Crippen molar-refractivity contribution in [2.24, 2.45) is 11.8 Å². The normalized spacial score (nSPS) is 31.2. The Morgan fingerprint density at radius 2 is 2.08 bits per heavy atom. The van der Waals surface area contributed by atoms with Crippen LogP contribution in [0.25, 0.3) is 0 Å². The first kappa shape index (κ1) is 11.0. The van der Waals surface area contributed by atoms with Crippen LogP contribution in [-0.4, -0.2) is 23.8 Å². The zero-order valence-corrected chi connectivity index (χ0v) is 9.09. The van der Waals surface area contributed by atoms with E-state index in [0.717, 1.165) is 12.5 Å². The molecule has 3 atom stereocenters. The van der Waals surface area contributed by atoms with E-state index in [2.05, 4.69) is 26.1 Å². The number of nitrogens with one attached hydrogen (secondary N) is 1. The maximum atomic E-state index is 9.59. The van der Waals surface area contributed by atoms with E-state index < -0.39 is 0 Å². The van der Waals surface area contributed by atoms with Gasteiger partial charge in [-0.25, -0.2) is 0 Å². The van der Waals surface area contributed by atoms with Crippen molar-refractivity contribution >= 4 is 0 Å². The number of aliphatic hydroxyl groups is 1. The topological polar surface area (TPSA) is 32.3 Å². The van der Waals surface area contributed by atoms with Gasteiger partial charge in [0.25, 0.3) is 0 Å². The summed E-state index contributed by atoms with van der Waals surface area (Å²) in [6, 6.07) is 0.656. The molecule has 0 bridgehead atoms. The lowest BCUT2D eigenvalue weighted by molar-refractivity contribution is 0.120. The summed E-state index contributed by atoms with van der Waals surface area (Å²) in [4.78, 5) is 0. The van der Waals surface area contributed by atoms with Gasteiger partial charge in [0.2, 0.25) is 0 Å². The highest BCUT2D eigenvalue weighted by Gasteiger charge is 2.21. The zero-order chi connectivity index (χ0) is 9.84. The van der Waals surface area contributed by atoms with Gasteiger partial charge in [-0.15, -0.1) is 0 Å². The molecule has 1 rings (SSSR count). The molecule has 2 nitrogen and oxygen atoms in total. The smallest absolute Gasteiger partial charge is 0.0687 e. The van der Waals surface area contributed by atoms with Crippen molar-refractivity contribution in [3.63, 3.8) is 0 Å². The third-order valence-corrected chi connectivity index (χ3v) is 3.08. The van der Waals surface area contributed by atoms with E-state index in [0.29, 0.717) is 12.0 Å². The number of aliphatic hydroxyl groups excluding tert-OH is 1. The van der Waals surface area contributed by atoms with Crippen LogP contribution < -0.4 is 5.32 Å². The molecule has 0 aromatic carbocycles. The molecule has 0 aromatic heterocycles. The van der Waals surface area contributed by atoms with Gasteiger partial charge in [-0.1, -0.05) is 20.8 Å². The average Bonchev–Trinajstić information content (AvgIpc) is 2.47. The van der Waals surface area contributed by atoms with Gasteiger partial charge in [0, 0.05) is 12.6 Å². The predicted octanol–water partition coefficient (Wildman–Crippen LogP) is 1.78. The van der Waals surface area contributed by atoms with Crippen molar-refractivity contribution in [3.05, 3.63) is 0 Å². The van der Waals surface area contributed by atoms with E-state index >= 15 is 0 Å². The van der Waals surface area contributed by atoms with E-state index in [1.165, 1.54) is 19.3 Å². The first-order chi connectivity index (χ1) is 6.09. The van der Waals surface area contributed by atoms with Gasteiger partial charge in [-0.2, -0.15) is 0 Å². The Labute approximate surface area is 81.7 Å². The van der Waals surface area contributed by atoms with Crippen LogP contribution in [0.5, 0.6) is 0 Å². The molecule has 1 aliphatic rings. The molecule has 0 amide bonds. The van der Waals surface area contributed by atoms with Gasteiger partial charge >= 0.3 is 0 Å². The fourth-order valence-electron chi connectivity index (χ4n) is 1.92. The Balaban J connectivity index is 2.12. The van der Waals surface area contributed by atoms with Gasteiger partial charge < -0.3 is 10.4 Å². The molecular formula is C11H23NO. The van der Waals surface area contributed by atoms with Crippen LogP contribution in [0.15, 0.2) is 0 Å². The van der Waals surface area contributed by atoms with E-state index in [4.69, 9.17) is 0 Å². The monoisotopic (exact) mass is 185 g/mol. The van der Waals surface area contributed by atoms with E-state index in [1.54, 1.807) is 0 Å². The van der Waals surface area contributed by atoms with Crippen molar-refractivity contribution in [2.45, 2.75) is 52.2 Å². The van der Waals surface area contributed by atoms with Crippen LogP contribution in [0, 0.1) is 11.8 Å². The molecule has 0 saturated heterocycles. The van der Waals surface area contributed by atoms with Gasteiger partial charge in [-0.3, -0.25) is 0 Å². The van der Waals surface area contributed by atoms with Gasteiger partial charge in [0.05, 0.1) is 6.10 Å². The molecule has 0 spiro atoms. The minimum Gasteiger partial charge on any atom is -0.392 e. The quantitative estimate of drug-likeness (QED) is 0.700. The first-order valence-corrected chi connectivity index (χ1v) is 5.51. The van der Waals surface area contributed by atoms with Crippen LogP contribution >= 0.6 is 0 Å². The number of rotatable bonds is 4. The Hall–Kier alpha value is -0.0800. The lowest BCUT2D eigenvalue weighted by Crippen LogP contribution is -2.36. The summed E-state index contributed by atoms with van der Waals surface area (Å²) in [6.45, 7) is 7.18. The Morgan fingerprint density at radius 1 is 1.38 bits per heavy atom. The second kappa shape index (κ2) is 4.97. The largest absolute Gasteiger partial charge is 0.392 e. The Kier molecular flexibility index (Phi) is 4.20. The molecule has 1 aliphatic carbocycles. The summed E-state index contributed by atoms with van der Waals surface area (Å²) in [5.41, 5.74) is 0. The molecular weight excluding hydrogens is 162 g/mol. The minimum absolute atomic E-state index is 0.184. The van der Waals surface area contributed by atoms with Crippen LogP contribution in [0.3, 0.4) is 0 Å². The maximum absolute atomic E-state index is 9.59. The number of hydrogen-bond donors (Lipinski definition) is 2. The van der Waals surface area contributed by atoms with Crippen molar-refractivity contribution in [3.8, 4) is 0 Å². The molecule has 0 aliphatic heterocycles. The van der Waals surface area contributed by atoms with E-state index in [-0.39, 0.29) is 6.10 Å². The third kappa shape index (κ3) is 3.65. The number of hydrogen-bond acceptors (Lipinski definition) is 2. The summed E-state index contributed by atoms with van der Waals surface area (Å²) in [5, 5.41) is 13.0. The molecule has 0 heterocycles. The van der Waals surface area contributed by atoms with Gasteiger partial charge in [-0.05, 0) is 31.1 Å². The van der Waals surface area contributed by atoms with Crippen LogP contribution in [-0.2, 0) is 0 Å². The second-order valence-corrected chi connectivity index (χ2v) is 4.83. The molecule has 3 unspecified atom stereocenters. The molecule has 78 valence electrons. The summed E-state index contributed by atoms with van der Waals surface area (Å²) in [6.07, 6.45) is 3.72. The fraction of sp³-hybridized carbons (Fsp3) is 1.00. The highest BCUT2D eigenvalue weighted by atomic mass is 16.3. The molecule has 1 saturated carbocycles. The van der Waals surface area contributed by atoms with Crippen molar-refractivity contribution in [1.29, 1.82) is 0 Å². The van der Waals surface area contributed by atoms with E-state index in [9.17, 15) is 5.11 Å². The SMILES string of the molecule is CC1CCC(NCC(O)C(C)C)C1. The fourth-order valence-corrected chi connectivity index (χ4v) is 1.92. The minimum atomic E-state index is -0.184. The molecule has 0 aromatic rings. The van der Waals surface area contributed by atoms with Crippen molar-refractivity contribution in [2.75, 3.05) is 6.54 Å². The van der Waals surface area contributed by atoms with E-state index in [1.807, 2.05) is 0 Å². The highest BCUT2D eigenvalue weighted by Crippen LogP contribution is 2.24. The first-order valence-electron chi connectivity index (χ1n) is 5.51. The Bertz CT molecular complexity index is 147. The third-order valence-electron chi connectivity index (χ3n) is 3.08. The highest BCUT2D eigenvalue weighted by molar-refractivity contribution is 4.79. The summed E-state index contributed by atoms with van der Waals surface area (Å²) < 4.78 is 0. The zero-order valence-electron chi connectivity index (χ0n) is 9.09. The lowest BCUT2D eigenvalue weighted by atomic mass is 10.1. The summed E-state index contributed by atoms with van der Waals surface area (Å²) in [7, 11) is 0. The summed E-state index contributed by atoms with van der Waals surface area (Å²) >= 11 is 0. The van der Waals surface area contributed by atoms with Crippen molar-refractivity contribution < 1.29 is 5.11 Å². The van der Waals surface area contributed by atoms with Crippen LogP contribution in [0.4, 0.5) is 0 Å². The molecule has 13 heavy (non-hydrogen) atoms. The van der Waals surface area contributed by atoms with Crippen LogP contribution in [0.1, 0.15) is 40.0 Å². The van der Waals surface area contributed by atoms with Crippen LogP contribution in [0.2, 0.25) is 0 Å². The summed E-state index contributed by atoms with van der Waals surface area (Å²) in [5.74, 6) is 1.24. The Morgan fingerprint density at radius 3 is 2.54 bits per heavy atom. The standard InChI is InChI=1S/C11H23NO/c1-8(2)11(13)7-12-10-5-4-9(3)6-10/h8-13H,4-7H2,1-3H3. The average molecular weight is 185 g/mol. The van der Waals surface area contributed by atoms with Crippen molar-refractivity contribution in [1.82, 2.24) is 5.32 Å². The lowest BCUT2D eigenvalue weighted by Gasteiger charge is -2.18. The second-order valence-electron chi connectivity index (χ2n) is 4.83. The maximum Gasteiger partial charge on any atom is 0.0687 e. The molecule has 2 N–H and O–H groups in total. The molecule has 0 radical (unpaired) electrons. The van der Waals surface area contributed by atoms with Gasteiger partial charge in [0.1, 0.15) is 0 Å². The molecule has 1 fully saturated rings.